The summed E-state index contributed by atoms with van der Waals surface area (Å²) < 4.78 is 0. The van der Waals surface area contributed by atoms with Gasteiger partial charge < -0.3 is 10.2 Å². The Morgan fingerprint density at radius 1 is 0.400 bits per heavy atom. The van der Waals surface area contributed by atoms with Crippen LogP contribution in [0.2, 0.25) is 0 Å². The third kappa shape index (κ3) is 7.01. The molecule has 0 aromatic heterocycles. The lowest BCUT2D eigenvalue weighted by atomic mass is 9.64. The van der Waals surface area contributed by atoms with Gasteiger partial charge in [0.2, 0.25) is 0 Å². The third-order valence-electron chi connectivity index (χ3n) is 10.1. The molecule has 0 bridgehead atoms. The summed E-state index contributed by atoms with van der Waals surface area (Å²) in [6, 6.07) is 29.9. The molecular formula is C43H54O2. The summed E-state index contributed by atoms with van der Waals surface area (Å²) in [7, 11) is 0. The standard InChI is InChI=1S/C43H54O2/c1-3-5-7-9-11-13-15-25-35-39(29-21-31-41(35)44)43(37-27-19-17-23-33(37)34-24-18-20-28-38(34)43)40-30-22-32-42(45)36(40)26-16-14-12-10-8-6-4-2/h17-24,27-32,44-45H,3-16,25-26H2,1-2H3. The Labute approximate surface area is 272 Å². The van der Waals surface area contributed by atoms with Gasteiger partial charge in [-0.25, -0.2) is 0 Å². The predicted octanol–water partition coefficient (Wildman–Crippen LogP) is 12.0. The molecule has 1 aliphatic rings. The largest absolute Gasteiger partial charge is 0.508 e. The Hall–Kier alpha value is -3.52. The van der Waals surface area contributed by atoms with Crippen molar-refractivity contribution in [2.24, 2.45) is 0 Å². The fourth-order valence-corrected chi connectivity index (χ4v) is 7.86. The SMILES string of the molecule is CCCCCCCCCc1c(O)cccc1C1(c2cccc(O)c2CCCCCCCCC)c2ccccc2-c2ccccc21. The first-order chi connectivity index (χ1) is 22.1. The molecule has 0 saturated carbocycles. The molecule has 0 atom stereocenters. The van der Waals surface area contributed by atoms with Crippen LogP contribution in [-0.4, -0.2) is 10.2 Å². The van der Waals surface area contributed by atoms with Gasteiger partial charge in [-0.1, -0.05) is 164 Å². The highest BCUT2D eigenvalue weighted by molar-refractivity contribution is 5.87. The number of aromatic hydroxyl groups is 2. The van der Waals surface area contributed by atoms with Crippen molar-refractivity contribution in [1.82, 2.24) is 0 Å². The highest BCUT2D eigenvalue weighted by Gasteiger charge is 2.48. The van der Waals surface area contributed by atoms with E-state index in [1.807, 2.05) is 24.3 Å². The second-order valence-corrected chi connectivity index (χ2v) is 13.2. The van der Waals surface area contributed by atoms with Crippen LogP contribution < -0.4 is 0 Å². The molecule has 4 aromatic carbocycles. The molecule has 2 nitrogen and oxygen atoms in total. The van der Waals surface area contributed by atoms with Gasteiger partial charge in [0.25, 0.3) is 0 Å². The van der Waals surface area contributed by atoms with Gasteiger partial charge in [-0.15, -0.1) is 0 Å². The molecule has 4 aromatic rings. The van der Waals surface area contributed by atoms with Crippen LogP contribution in [-0.2, 0) is 18.3 Å². The van der Waals surface area contributed by atoms with Crippen molar-refractivity contribution in [3.8, 4) is 22.6 Å². The van der Waals surface area contributed by atoms with Crippen LogP contribution in [0.1, 0.15) is 137 Å². The molecule has 0 amide bonds. The molecule has 0 radical (unpaired) electrons. The summed E-state index contributed by atoms with van der Waals surface area (Å²) in [5.41, 5.74) is 8.72. The van der Waals surface area contributed by atoms with Crippen LogP contribution in [0.15, 0.2) is 84.9 Å². The monoisotopic (exact) mass is 602 g/mol. The molecule has 0 heterocycles. The zero-order valence-corrected chi connectivity index (χ0v) is 27.8. The molecule has 2 N–H and O–H groups in total. The number of benzene rings is 4. The van der Waals surface area contributed by atoms with E-state index in [2.05, 4.69) is 74.5 Å². The second kappa shape index (κ2) is 16.2. The van der Waals surface area contributed by atoms with Crippen LogP contribution in [0, 0.1) is 0 Å². The Morgan fingerprint density at radius 3 is 1.18 bits per heavy atom. The van der Waals surface area contributed by atoms with Crippen LogP contribution in [0.25, 0.3) is 11.1 Å². The first kappa shape index (κ1) is 32.9. The van der Waals surface area contributed by atoms with E-state index in [9.17, 15) is 10.2 Å². The average molecular weight is 603 g/mol. The van der Waals surface area contributed by atoms with Gasteiger partial charge >= 0.3 is 0 Å². The molecule has 45 heavy (non-hydrogen) atoms. The highest BCUT2D eigenvalue weighted by atomic mass is 16.3. The number of unbranched alkanes of at least 4 members (excludes halogenated alkanes) is 12. The molecule has 0 fully saturated rings. The average Bonchev–Trinajstić information content (AvgIpc) is 3.36. The Balaban J connectivity index is 1.60. The molecule has 2 heteroatoms. The summed E-state index contributed by atoms with van der Waals surface area (Å²) in [6.07, 6.45) is 19.0. The molecule has 5 rings (SSSR count). The van der Waals surface area contributed by atoms with Gasteiger partial charge in [-0.2, -0.15) is 0 Å². The lowest BCUT2D eigenvalue weighted by Gasteiger charge is -2.37. The van der Waals surface area contributed by atoms with Crippen molar-refractivity contribution in [2.45, 2.75) is 122 Å². The topological polar surface area (TPSA) is 40.5 Å². The van der Waals surface area contributed by atoms with Crippen molar-refractivity contribution < 1.29 is 10.2 Å². The summed E-state index contributed by atoms with van der Waals surface area (Å²) >= 11 is 0. The number of hydrogen-bond acceptors (Lipinski definition) is 2. The fraction of sp³-hybridized carbons (Fsp3) is 0.442. The van der Waals surface area contributed by atoms with Crippen molar-refractivity contribution in [3.63, 3.8) is 0 Å². The van der Waals surface area contributed by atoms with E-state index in [-0.39, 0.29) is 0 Å². The van der Waals surface area contributed by atoms with E-state index in [1.54, 1.807) is 0 Å². The summed E-state index contributed by atoms with van der Waals surface area (Å²) in [6.45, 7) is 4.53. The van der Waals surface area contributed by atoms with Crippen molar-refractivity contribution >= 4 is 0 Å². The molecular weight excluding hydrogens is 548 g/mol. The first-order valence-electron chi connectivity index (χ1n) is 18.0. The van der Waals surface area contributed by atoms with Crippen molar-refractivity contribution in [3.05, 3.63) is 118 Å². The predicted molar refractivity (Wildman–Crippen MR) is 190 cm³/mol. The molecule has 0 unspecified atom stereocenters. The van der Waals surface area contributed by atoms with Gasteiger partial charge in [0.15, 0.2) is 0 Å². The molecule has 0 spiro atoms. The number of fused-ring (bicyclic) bond motifs is 3. The third-order valence-corrected chi connectivity index (χ3v) is 10.1. The second-order valence-electron chi connectivity index (χ2n) is 13.2. The van der Waals surface area contributed by atoms with Gasteiger partial charge in [0.05, 0.1) is 5.41 Å². The van der Waals surface area contributed by atoms with Gasteiger partial charge in [0, 0.05) is 0 Å². The first-order valence-corrected chi connectivity index (χ1v) is 18.0. The normalized spacial score (nSPS) is 13.1. The summed E-state index contributed by atoms with van der Waals surface area (Å²) in [4.78, 5) is 0. The van der Waals surface area contributed by atoms with E-state index < -0.39 is 5.41 Å². The fourth-order valence-electron chi connectivity index (χ4n) is 7.86. The van der Waals surface area contributed by atoms with Gasteiger partial charge in [-0.3, -0.25) is 0 Å². The van der Waals surface area contributed by atoms with Crippen LogP contribution in [0.5, 0.6) is 11.5 Å². The smallest absolute Gasteiger partial charge is 0.119 e. The quantitative estimate of drug-likeness (QED) is 0.0979. The maximum atomic E-state index is 11.5. The maximum Gasteiger partial charge on any atom is 0.119 e. The van der Waals surface area contributed by atoms with Crippen LogP contribution >= 0.6 is 0 Å². The minimum absolute atomic E-state index is 0.383. The molecule has 0 saturated heterocycles. The van der Waals surface area contributed by atoms with Crippen molar-refractivity contribution in [1.29, 1.82) is 0 Å². The van der Waals surface area contributed by atoms with Crippen molar-refractivity contribution in [2.75, 3.05) is 0 Å². The number of phenolic OH excluding ortho intramolecular Hbond substituents is 2. The van der Waals surface area contributed by atoms with E-state index in [0.29, 0.717) is 11.5 Å². The highest BCUT2D eigenvalue weighted by Crippen LogP contribution is 2.58. The Bertz CT molecular complexity index is 1400. The zero-order valence-electron chi connectivity index (χ0n) is 27.8. The van der Waals surface area contributed by atoms with E-state index in [1.165, 1.54) is 99.3 Å². The lowest BCUT2D eigenvalue weighted by molar-refractivity contribution is 0.460. The lowest BCUT2D eigenvalue weighted by Crippen LogP contribution is -2.31. The van der Waals surface area contributed by atoms with E-state index in [0.717, 1.165) is 47.9 Å². The zero-order chi connectivity index (χ0) is 31.5. The number of phenols is 2. The molecule has 238 valence electrons. The van der Waals surface area contributed by atoms with Crippen LogP contribution in [0.3, 0.4) is 0 Å². The maximum absolute atomic E-state index is 11.5. The number of hydrogen-bond donors (Lipinski definition) is 2. The minimum atomic E-state index is -0.627. The van der Waals surface area contributed by atoms with Crippen LogP contribution in [0.4, 0.5) is 0 Å². The molecule has 1 aliphatic carbocycles. The van der Waals surface area contributed by atoms with E-state index >= 15 is 0 Å². The van der Waals surface area contributed by atoms with E-state index in [4.69, 9.17) is 0 Å². The summed E-state index contributed by atoms with van der Waals surface area (Å²) in [5, 5.41) is 23.0. The van der Waals surface area contributed by atoms with Gasteiger partial charge in [-0.05, 0) is 82.3 Å². The Morgan fingerprint density at radius 2 is 0.756 bits per heavy atom. The minimum Gasteiger partial charge on any atom is -0.508 e. The summed E-state index contributed by atoms with van der Waals surface area (Å²) in [5.74, 6) is 0.766. The van der Waals surface area contributed by atoms with Gasteiger partial charge in [0.1, 0.15) is 11.5 Å². The Kier molecular flexibility index (Phi) is 11.8. The molecule has 0 aliphatic heterocycles. The number of rotatable bonds is 18.